The van der Waals surface area contributed by atoms with Crippen molar-refractivity contribution in [2.45, 2.75) is 77.3 Å². The number of aromatic nitrogens is 4. The number of alkyl halides is 6. The molecule has 244 valence electrons. The lowest BCUT2D eigenvalue weighted by Crippen LogP contribution is -2.33. The number of benzene rings is 2. The Labute approximate surface area is 258 Å². The Morgan fingerprint density at radius 2 is 1.60 bits per heavy atom. The summed E-state index contributed by atoms with van der Waals surface area (Å²) in [6.45, 7) is 8.96. The summed E-state index contributed by atoms with van der Waals surface area (Å²) in [6, 6.07) is 5.38. The molecule has 45 heavy (non-hydrogen) atoms. The molecule has 0 radical (unpaired) electrons. The van der Waals surface area contributed by atoms with Crippen molar-refractivity contribution in [3.8, 4) is 0 Å². The second-order valence-corrected chi connectivity index (χ2v) is 12.5. The van der Waals surface area contributed by atoms with Crippen LogP contribution in [-0.2, 0) is 25.9 Å². The maximum atomic E-state index is 13.7. The van der Waals surface area contributed by atoms with E-state index in [2.05, 4.69) is 39.0 Å². The molecule has 0 saturated heterocycles. The predicted octanol–water partition coefficient (Wildman–Crippen LogP) is 8.09. The van der Waals surface area contributed by atoms with Crippen molar-refractivity contribution in [1.29, 1.82) is 0 Å². The number of rotatable bonds is 7. The van der Waals surface area contributed by atoms with E-state index in [9.17, 15) is 31.4 Å². The van der Waals surface area contributed by atoms with E-state index in [4.69, 9.17) is 0 Å². The molecule has 2 aliphatic rings. The average Bonchev–Trinajstić information content (AvgIpc) is 3.30. The number of aliphatic hydroxyl groups excluding tert-OH is 1. The van der Waals surface area contributed by atoms with Gasteiger partial charge in [-0.1, -0.05) is 29.4 Å². The fourth-order valence-corrected chi connectivity index (χ4v) is 6.93. The molecule has 1 aliphatic carbocycles. The minimum Gasteiger partial charge on any atom is -0.513 e. The van der Waals surface area contributed by atoms with E-state index in [1.165, 1.54) is 4.80 Å². The Morgan fingerprint density at radius 1 is 0.956 bits per heavy atom. The standard InChI is InChI=1S/C32H38F6N6O/c1-19-12-20(2)29-27(13-19)28(6-5-11-43(29)17-22-7-9-24(10-8-22)21(3)45)44(30-39-41-42(4)40-30)18-23-14-25(31(33,34)35)16-26(15-23)32(36,37)38/h12-16,22,24,28,45H,3,5-11,17-18H2,1-2,4H3. The summed E-state index contributed by atoms with van der Waals surface area (Å²) in [7, 11) is 1.55. The van der Waals surface area contributed by atoms with Crippen molar-refractivity contribution in [3.63, 3.8) is 0 Å². The number of anilines is 2. The van der Waals surface area contributed by atoms with Crippen molar-refractivity contribution < 1.29 is 31.4 Å². The lowest BCUT2D eigenvalue weighted by Gasteiger charge is -2.36. The average molecular weight is 637 g/mol. The zero-order valence-electron chi connectivity index (χ0n) is 25.6. The number of tetrazole rings is 1. The number of nitrogens with zero attached hydrogens (tertiary/aromatic N) is 6. The Hall–Kier alpha value is -3.77. The SMILES string of the molecule is C=C(O)C1CCC(CN2CCCC(N(Cc3cc(C(F)(F)F)cc(C(F)(F)F)c3)c3nnn(C)n3)c3cc(C)cc(C)c32)CC1. The van der Waals surface area contributed by atoms with Crippen LogP contribution in [-0.4, -0.2) is 38.4 Å². The van der Waals surface area contributed by atoms with Crippen LogP contribution in [0.4, 0.5) is 38.0 Å². The number of aryl methyl sites for hydroxylation is 3. The van der Waals surface area contributed by atoms with Crippen molar-refractivity contribution in [3.05, 3.63) is 76.1 Å². The van der Waals surface area contributed by atoms with Gasteiger partial charge in [-0.3, -0.25) is 0 Å². The third-order valence-corrected chi connectivity index (χ3v) is 8.98. The fraction of sp³-hybridized carbons (Fsp3) is 0.531. The minimum absolute atomic E-state index is 0.119. The molecular weight excluding hydrogens is 598 g/mol. The summed E-state index contributed by atoms with van der Waals surface area (Å²) in [6.07, 6.45) is -4.95. The molecule has 0 bridgehead atoms. The number of hydrogen-bond donors (Lipinski definition) is 1. The molecule has 1 aliphatic heterocycles. The molecule has 0 amide bonds. The largest absolute Gasteiger partial charge is 0.513 e. The molecule has 13 heteroatoms. The van der Waals surface area contributed by atoms with Crippen LogP contribution in [0.25, 0.3) is 0 Å². The summed E-state index contributed by atoms with van der Waals surface area (Å²) in [5, 5.41) is 22.3. The number of aliphatic hydroxyl groups is 1. The van der Waals surface area contributed by atoms with Gasteiger partial charge in [0.25, 0.3) is 5.95 Å². The first-order valence-corrected chi connectivity index (χ1v) is 15.1. The predicted molar refractivity (Wildman–Crippen MR) is 159 cm³/mol. The highest BCUT2D eigenvalue weighted by Gasteiger charge is 2.38. The summed E-state index contributed by atoms with van der Waals surface area (Å²) >= 11 is 0. The van der Waals surface area contributed by atoms with Gasteiger partial charge in [-0.25, -0.2) is 0 Å². The van der Waals surface area contributed by atoms with Crippen LogP contribution in [0.15, 0.2) is 42.7 Å². The van der Waals surface area contributed by atoms with Crippen molar-refractivity contribution >= 4 is 11.6 Å². The van der Waals surface area contributed by atoms with E-state index >= 15 is 0 Å². The normalized spacial score (nSPS) is 20.9. The van der Waals surface area contributed by atoms with Crippen LogP contribution in [0.2, 0.25) is 0 Å². The van der Waals surface area contributed by atoms with Gasteiger partial charge in [-0.2, -0.15) is 31.1 Å². The van der Waals surface area contributed by atoms with Gasteiger partial charge >= 0.3 is 12.4 Å². The zero-order valence-corrected chi connectivity index (χ0v) is 25.6. The second kappa shape index (κ2) is 12.6. The molecule has 2 heterocycles. The molecular formula is C32H38F6N6O. The minimum atomic E-state index is -4.96. The van der Waals surface area contributed by atoms with E-state index in [-0.39, 0.29) is 35.8 Å². The van der Waals surface area contributed by atoms with Crippen LogP contribution in [0.1, 0.15) is 77.9 Å². The van der Waals surface area contributed by atoms with Crippen LogP contribution >= 0.6 is 0 Å². The van der Waals surface area contributed by atoms with Gasteiger partial charge in [0.2, 0.25) is 0 Å². The van der Waals surface area contributed by atoms with Crippen LogP contribution < -0.4 is 9.80 Å². The molecule has 1 N–H and O–H groups in total. The quantitative estimate of drug-likeness (QED) is 0.209. The maximum Gasteiger partial charge on any atom is 0.416 e. The summed E-state index contributed by atoms with van der Waals surface area (Å²) in [4.78, 5) is 5.28. The lowest BCUT2D eigenvalue weighted by molar-refractivity contribution is -0.143. The number of fused-ring (bicyclic) bond motifs is 1. The molecule has 5 rings (SSSR count). The smallest absolute Gasteiger partial charge is 0.416 e. The Balaban J connectivity index is 1.55. The molecule has 1 unspecified atom stereocenters. The van der Waals surface area contributed by atoms with Gasteiger partial charge in [0.15, 0.2) is 0 Å². The van der Waals surface area contributed by atoms with Crippen LogP contribution in [0.3, 0.4) is 0 Å². The van der Waals surface area contributed by atoms with Gasteiger partial charge < -0.3 is 14.9 Å². The van der Waals surface area contributed by atoms with Crippen molar-refractivity contribution in [2.24, 2.45) is 18.9 Å². The molecule has 2 aromatic carbocycles. The van der Waals surface area contributed by atoms with Gasteiger partial charge in [-0.15, -0.1) is 5.10 Å². The highest BCUT2D eigenvalue weighted by atomic mass is 19.4. The van der Waals surface area contributed by atoms with E-state index in [0.29, 0.717) is 12.3 Å². The Bertz CT molecular complexity index is 1490. The van der Waals surface area contributed by atoms with Crippen LogP contribution in [0.5, 0.6) is 0 Å². The fourth-order valence-electron chi connectivity index (χ4n) is 6.93. The molecule has 7 nitrogen and oxygen atoms in total. The van der Waals surface area contributed by atoms with Gasteiger partial charge in [-0.05, 0) is 98.4 Å². The number of allylic oxidation sites excluding steroid dienone is 1. The highest BCUT2D eigenvalue weighted by molar-refractivity contribution is 5.64. The van der Waals surface area contributed by atoms with Crippen molar-refractivity contribution in [1.82, 2.24) is 20.2 Å². The third-order valence-electron chi connectivity index (χ3n) is 8.98. The lowest BCUT2D eigenvalue weighted by atomic mass is 9.81. The number of halogens is 6. The number of hydrogen-bond acceptors (Lipinski definition) is 6. The Morgan fingerprint density at radius 3 is 2.16 bits per heavy atom. The topological polar surface area (TPSA) is 70.3 Å². The maximum absolute atomic E-state index is 13.7. The van der Waals surface area contributed by atoms with Gasteiger partial charge in [0, 0.05) is 31.2 Å². The summed E-state index contributed by atoms with van der Waals surface area (Å²) < 4.78 is 82.5. The van der Waals surface area contributed by atoms with E-state index < -0.39 is 29.5 Å². The molecule has 1 fully saturated rings. The Kier molecular flexibility index (Phi) is 9.10. The first kappa shape index (κ1) is 32.6. The van der Waals surface area contributed by atoms with E-state index in [1.54, 1.807) is 11.9 Å². The molecule has 0 spiro atoms. The third kappa shape index (κ3) is 7.38. The first-order valence-electron chi connectivity index (χ1n) is 15.1. The highest BCUT2D eigenvalue weighted by Crippen LogP contribution is 2.43. The monoisotopic (exact) mass is 636 g/mol. The van der Waals surface area contributed by atoms with Gasteiger partial charge in [0.1, 0.15) is 0 Å². The molecule has 1 aromatic heterocycles. The van der Waals surface area contributed by atoms with Crippen LogP contribution in [0, 0.1) is 25.7 Å². The first-order chi connectivity index (χ1) is 21.1. The molecule has 1 saturated carbocycles. The summed E-state index contributed by atoms with van der Waals surface area (Å²) in [5.74, 6) is 0.890. The molecule has 3 aromatic rings. The molecule has 1 atom stereocenters. The van der Waals surface area contributed by atoms with Gasteiger partial charge in [0.05, 0.1) is 30.0 Å². The zero-order chi connectivity index (χ0) is 32.7. The van der Waals surface area contributed by atoms with Crippen molar-refractivity contribution in [2.75, 3.05) is 22.9 Å². The second-order valence-electron chi connectivity index (χ2n) is 12.5. The van der Waals surface area contributed by atoms with E-state index in [1.807, 2.05) is 13.8 Å². The summed E-state index contributed by atoms with van der Waals surface area (Å²) in [5.41, 5.74) is 1.10. The van der Waals surface area contributed by atoms with E-state index in [0.717, 1.165) is 79.7 Å².